The summed E-state index contributed by atoms with van der Waals surface area (Å²) < 4.78 is 5.95. The van der Waals surface area contributed by atoms with E-state index < -0.39 is 5.97 Å². The zero-order valence-corrected chi connectivity index (χ0v) is 9.88. The first-order valence-corrected chi connectivity index (χ1v) is 6.03. The van der Waals surface area contributed by atoms with Gasteiger partial charge in [0.25, 0.3) is 0 Å². The first-order chi connectivity index (χ1) is 6.31. The zero-order chi connectivity index (χ0) is 9.94. The Bertz CT molecular complexity index is 172. The van der Waals surface area contributed by atoms with E-state index in [2.05, 4.69) is 22.6 Å². The van der Waals surface area contributed by atoms with E-state index in [1.807, 2.05) is 5.92 Å². The van der Waals surface area contributed by atoms with Crippen molar-refractivity contribution in [3.05, 3.63) is 0 Å². The van der Waals surface area contributed by atoms with Crippen molar-refractivity contribution in [3.8, 4) is 12.3 Å². The Morgan fingerprint density at radius 1 is 1.23 bits per heavy atom. The van der Waals surface area contributed by atoms with Gasteiger partial charge in [-0.15, -0.1) is 6.42 Å². The second-order valence-corrected chi connectivity index (χ2v) is 3.82. The number of ether oxygens (including phenoxy) is 1. The second kappa shape index (κ2) is 9.85. The van der Waals surface area contributed by atoms with Crippen molar-refractivity contribution in [2.75, 3.05) is 11.0 Å². The van der Waals surface area contributed by atoms with Crippen LogP contribution in [0.2, 0.25) is 0 Å². The normalized spacial score (nSPS) is 9.23. The summed E-state index contributed by atoms with van der Waals surface area (Å²) in [7, 11) is 0. The molecule has 0 aromatic carbocycles. The van der Waals surface area contributed by atoms with Gasteiger partial charge >= 0.3 is 5.97 Å². The number of carbonyl (C=O) groups is 1. The predicted molar refractivity (Wildman–Crippen MR) is 61.8 cm³/mol. The molecule has 0 atom stereocenters. The van der Waals surface area contributed by atoms with E-state index in [4.69, 9.17) is 11.2 Å². The molecule has 3 heteroatoms. The van der Waals surface area contributed by atoms with Crippen LogP contribution in [0.1, 0.15) is 32.1 Å². The number of terminal acetylenes is 1. The highest BCUT2D eigenvalue weighted by Gasteiger charge is 1.95. The summed E-state index contributed by atoms with van der Waals surface area (Å²) in [5, 5.41) is 0. The third-order valence-corrected chi connectivity index (χ3v) is 2.39. The summed E-state index contributed by atoms with van der Waals surface area (Å²) in [5.74, 6) is 1.37. The molecule has 0 radical (unpaired) electrons. The smallest absolute Gasteiger partial charge is 0.384 e. The molecule has 0 aliphatic heterocycles. The molecule has 0 spiro atoms. The number of carbonyl (C=O) groups excluding carboxylic acids is 1. The molecule has 0 amide bonds. The predicted octanol–water partition coefficient (Wildman–Crippen LogP) is 2.55. The van der Waals surface area contributed by atoms with Crippen LogP contribution >= 0.6 is 22.6 Å². The van der Waals surface area contributed by atoms with Crippen LogP contribution in [0.5, 0.6) is 0 Å². The van der Waals surface area contributed by atoms with Crippen LogP contribution in [-0.4, -0.2) is 17.0 Å². The van der Waals surface area contributed by atoms with Crippen LogP contribution < -0.4 is 0 Å². The van der Waals surface area contributed by atoms with Crippen LogP contribution in [0.15, 0.2) is 0 Å². The maximum Gasteiger partial charge on any atom is 0.384 e. The minimum atomic E-state index is -0.549. The van der Waals surface area contributed by atoms with Gasteiger partial charge in [0.05, 0.1) is 6.61 Å². The van der Waals surface area contributed by atoms with E-state index in [0.29, 0.717) is 6.61 Å². The van der Waals surface area contributed by atoms with Gasteiger partial charge in [-0.05, 0) is 17.3 Å². The molecule has 13 heavy (non-hydrogen) atoms. The van der Waals surface area contributed by atoms with Crippen LogP contribution in [0.3, 0.4) is 0 Å². The highest BCUT2D eigenvalue weighted by atomic mass is 127. The highest BCUT2D eigenvalue weighted by Crippen LogP contribution is 2.04. The van der Waals surface area contributed by atoms with Crippen molar-refractivity contribution in [1.82, 2.24) is 0 Å². The third-order valence-electron chi connectivity index (χ3n) is 1.63. The topological polar surface area (TPSA) is 26.3 Å². The quantitative estimate of drug-likeness (QED) is 0.180. The Hall–Kier alpha value is -0.240. The molecule has 0 bridgehead atoms. The van der Waals surface area contributed by atoms with Crippen molar-refractivity contribution in [3.63, 3.8) is 0 Å². The van der Waals surface area contributed by atoms with Gasteiger partial charge in [-0.25, -0.2) is 4.79 Å². The number of hydrogen-bond donors (Lipinski definition) is 0. The van der Waals surface area contributed by atoms with E-state index >= 15 is 0 Å². The lowest BCUT2D eigenvalue weighted by molar-refractivity contribution is -0.136. The maximum atomic E-state index is 10.5. The molecule has 0 aliphatic carbocycles. The highest BCUT2D eigenvalue weighted by molar-refractivity contribution is 14.1. The summed E-state index contributed by atoms with van der Waals surface area (Å²) in [6.45, 7) is 0.466. The van der Waals surface area contributed by atoms with Gasteiger partial charge in [0.15, 0.2) is 0 Å². The van der Waals surface area contributed by atoms with Crippen molar-refractivity contribution < 1.29 is 9.53 Å². The van der Waals surface area contributed by atoms with Gasteiger partial charge in [0.1, 0.15) is 0 Å². The van der Waals surface area contributed by atoms with Crippen molar-refractivity contribution in [1.29, 1.82) is 0 Å². The van der Waals surface area contributed by atoms with Gasteiger partial charge in [0, 0.05) is 5.92 Å². The van der Waals surface area contributed by atoms with Gasteiger partial charge in [-0.2, -0.15) is 0 Å². The third kappa shape index (κ3) is 9.68. The Kier molecular flexibility index (Phi) is 9.66. The molecule has 2 nitrogen and oxygen atoms in total. The van der Waals surface area contributed by atoms with Crippen LogP contribution in [0.25, 0.3) is 0 Å². The number of esters is 1. The lowest BCUT2D eigenvalue weighted by Gasteiger charge is -2.00. The number of rotatable bonds is 7. The summed E-state index contributed by atoms with van der Waals surface area (Å²) in [6.07, 6.45) is 10.6. The first-order valence-electron chi connectivity index (χ1n) is 4.50. The molecular formula is C10H15IO2. The fourth-order valence-electron chi connectivity index (χ4n) is 0.933. The molecule has 0 aromatic rings. The largest absolute Gasteiger partial charge is 0.456 e. The summed E-state index contributed by atoms with van der Waals surface area (Å²) >= 11 is 2.38. The Morgan fingerprint density at radius 3 is 2.46 bits per heavy atom. The average molecular weight is 294 g/mol. The SMILES string of the molecule is C#CC(=O)OCCCCCCCI. The lowest BCUT2D eigenvalue weighted by Crippen LogP contribution is -2.02. The molecule has 0 saturated carbocycles. The van der Waals surface area contributed by atoms with E-state index in [1.165, 1.54) is 23.7 Å². The summed E-state index contributed by atoms with van der Waals surface area (Å²) in [4.78, 5) is 10.5. The Labute approximate surface area is 93.6 Å². The maximum absolute atomic E-state index is 10.5. The Morgan fingerprint density at radius 2 is 1.85 bits per heavy atom. The van der Waals surface area contributed by atoms with Crippen molar-refractivity contribution in [2.24, 2.45) is 0 Å². The minimum Gasteiger partial charge on any atom is -0.456 e. The molecule has 0 fully saturated rings. The molecule has 0 aliphatic rings. The molecule has 0 heterocycles. The standard InChI is InChI=1S/C10H15IO2/c1-2-10(12)13-9-7-5-3-4-6-8-11/h1H,3-9H2. The molecule has 74 valence electrons. The fourth-order valence-corrected chi connectivity index (χ4v) is 1.47. The van der Waals surface area contributed by atoms with E-state index in [9.17, 15) is 4.79 Å². The molecule has 0 rings (SSSR count). The van der Waals surface area contributed by atoms with Gasteiger partial charge in [-0.3, -0.25) is 0 Å². The average Bonchev–Trinajstić information content (AvgIpc) is 2.16. The molecule has 0 unspecified atom stereocenters. The van der Waals surface area contributed by atoms with E-state index in [-0.39, 0.29) is 0 Å². The Balaban J connectivity index is 3.00. The van der Waals surface area contributed by atoms with Crippen LogP contribution in [-0.2, 0) is 9.53 Å². The number of unbranched alkanes of at least 4 members (excludes halogenated alkanes) is 4. The number of hydrogen-bond acceptors (Lipinski definition) is 2. The molecule has 0 aromatic heterocycles. The first kappa shape index (κ1) is 12.8. The van der Waals surface area contributed by atoms with Gasteiger partial charge in [-0.1, -0.05) is 41.9 Å². The molecule has 0 N–H and O–H groups in total. The van der Waals surface area contributed by atoms with Crippen molar-refractivity contribution in [2.45, 2.75) is 32.1 Å². The molecular weight excluding hydrogens is 279 g/mol. The fraction of sp³-hybridized carbons (Fsp3) is 0.700. The van der Waals surface area contributed by atoms with Crippen LogP contribution in [0, 0.1) is 12.3 Å². The van der Waals surface area contributed by atoms with E-state index in [0.717, 1.165) is 12.8 Å². The van der Waals surface area contributed by atoms with Gasteiger partial charge < -0.3 is 4.74 Å². The zero-order valence-electron chi connectivity index (χ0n) is 7.72. The molecule has 0 saturated heterocycles. The second-order valence-electron chi connectivity index (χ2n) is 2.74. The number of halogens is 1. The van der Waals surface area contributed by atoms with E-state index in [1.54, 1.807) is 0 Å². The minimum absolute atomic E-state index is 0.466. The number of alkyl halides is 1. The van der Waals surface area contributed by atoms with Gasteiger partial charge in [0.2, 0.25) is 0 Å². The summed E-state index contributed by atoms with van der Waals surface area (Å²) in [5.41, 5.74) is 0. The van der Waals surface area contributed by atoms with Crippen molar-refractivity contribution >= 4 is 28.6 Å². The summed E-state index contributed by atoms with van der Waals surface area (Å²) in [6, 6.07) is 0. The monoisotopic (exact) mass is 294 g/mol. The lowest BCUT2D eigenvalue weighted by atomic mass is 10.2. The van der Waals surface area contributed by atoms with Crippen LogP contribution in [0.4, 0.5) is 0 Å².